The van der Waals surface area contributed by atoms with Gasteiger partial charge in [0.05, 0.1) is 5.56 Å². The molecule has 0 N–H and O–H groups in total. The lowest BCUT2D eigenvalue weighted by Crippen LogP contribution is -1.86. The van der Waals surface area contributed by atoms with Crippen molar-refractivity contribution in [1.29, 1.82) is 5.26 Å². The van der Waals surface area contributed by atoms with Crippen LogP contribution < -0.4 is 0 Å². The molecular formula is C37H21NO. The first kappa shape index (κ1) is 21.7. The van der Waals surface area contributed by atoms with Crippen molar-refractivity contribution in [3.05, 3.63) is 133 Å². The van der Waals surface area contributed by atoms with E-state index in [0.717, 1.165) is 33.0 Å². The van der Waals surface area contributed by atoms with Gasteiger partial charge in [-0.25, -0.2) is 0 Å². The summed E-state index contributed by atoms with van der Waals surface area (Å²) >= 11 is 0. The van der Waals surface area contributed by atoms with Crippen LogP contribution in [-0.2, 0) is 0 Å². The lowest BCUT2D eigenvalue weighted by Gasteiger charge is -2.12. The van der Waals surface area contributed by atoms with E-state index in [9.17, 15) is 5.26 Å². The largest absolute Gasteiger partial charge is 0.454 e. The molecule has 180 valence electrons. The summed E-state index contributed by atoms with van der Waals surface area (Å²) in [6, 6.07) is 47.0. The lowest BCUT2D eigenvalue weighted by atomic mass is 9.91. The average Bonchev–Trinajstić information content (AvgIpc) is 3.40. The number of fused-ring (bicyclic) bond motifs is 9. The summed E-state index contributed by atoms with van der Waals surface area (Å²) in [7, 11) is 0. The second-order valence-corrected chi connectivity index (χ2v) is 10.0. The maximum Gasteiger partial charge on any atom is 0.153 e. The van der Waals surface area contributed by atoms with Crippen LogP contribution in [0.1, 0.15) is 5.56 Å². The Morgan fingerprint density at radius 1 is 0.410 bits per heavy atom. The lowest BCUT2D eigenvalue weighted by molar-refractivity contribution is 0.668. The molecule has 0 atom stereocenters. The van der Waals surface area contributed by atoms with Gasteiger partial charge in [0.2, 0.25) is 0 Å². The molecule has 39 heavy (non-hydrogen) atoms. The van der Waals surface area contributed by atoms with Crippen molar-refractivity contribution in [2.45, 2.75) is 0 Å². The van der Waals surface area contributed by atoms with Crippen LogP contribution in [0.3, 0.4) is 0 Å². The highest BCUT2D eigenvalue weighted by Crippen LogP contribution is 2.40. The average molecular weight is 496 g/mol. The fourth-order valence-corrected chi connectivity index (χ4v) is 6.09. The molecular weight excluding hydrogens is 474 g/mol. The second kappa shape index (κ2) is 8.31. The third-order valence-corrected chi connectivity index (χ3v) is 7.90. The van der Waals surface area contributed by atoms with Crippen LogP contribution in [-0.4, -0.2) is 0 Å². The van der Waals surface area contributed by atoms with Gasteiger partial charge in [-0.3, -0.25) is 0 Å². The van der Waals surface area contributed by atoms with Gasteiger partial charge >= 0.3 is 0 Å². The van der Waals surface area contributed by atoms with Crippen molar-refractivity contribution in [1.82, 2.24) is 0 Å². The first-order valence-electron chi connectivity index (χ1n) is 13.1. The molecule has 0 radical (unpaired) electrons. The van der Waals surface area contributed by atoms with E-state index in [4.69, 9.17) is 4.42 Å². The summed E-state index contributed by atoms with van der Waals surface area (Å²) in [5.74, 6) is 0. The number of nitrogens with zero attached hydrogens (tertiary/aromatic N) is 1. The molecule has 8 aromatic rings. The van der Waals surface area contributed by atoms with Gasteiger partial charge in [0.25, 0.3) is 0 Å². The van der Waals surface area contributed by atoms with Gasteiger partial charge in [0.15, 0.2) is 5.58 Å². The number of benzene rings is 7. The van der Waals surface area contributed by atoms with Crippen molar-refractivity contribution in [2.24, 2.45) is 0 Å². The molecule has 0 amide bonds. The van der Waals surface area contributed by atoms with Gasteiger partial charge in [-0.15, -0.1) is 0 Å². The van der Waals surface area contributed by atoms with Crippen molar-refractivity contribution in [2.75, 3.05) is 0 Å². The molecule has 8 rings (SSSR count). The van der Waals surface area contributed by atoms with E-state index in [1.807, 2.05) is 12.1 Å². The zero-order chi connectivity index (χ0) is 25.9. The predicted octanol–water partition coefficient (Wildman–Crippen LogP) is 10.3. The number of nitriles is 1. The highest BCUT2D eigenvalue weighted by Gasteiger charge is 2.15. The van der Waals surface area contributed by atoms with E-state index >= 15 is 0 Å². The summed E-state index contributed by atoms with van der Waals surface area (Å²) in [5, 5.41) is 19.2. The molecule has 0 aliphatic carbocycles. The number of rotatable bonds is 2. The van der Waals surface area contributed by atoms with Gasteiger partial charge in [-0.05, 0) is 67.2 Å². The van der Waals surface area contributed by atoms with Crippen LogP contribution in [0.15, 0.2) is 132 Å². The van der Waals surface area contributed by atoms with Crippen LogP contribution >= 0.6 is 0 Å². The number of furan rings is 1. The predicted molar refractivity (Wildman–Crippen MR) is 162 cm³/mol. The molecule has 0 saturated heterocycles. The molecule has 7 aromatic carbocycles. The normalized spacial score (nSPS) is 11.6. The molecule has 0 fully saturated rings. The Morgan fingerprint density at radius 3 is 1.67 bits per heavy atom. The Bertz CT molecular complexity index is 2260. The van der Waals surface area contributed by atoms with Gasteiger partial charge < -0.3 is 4.42 Å². The van der Waals surface area contributed by atoms with E-state index in [1.165, 1.54) is 37.9 Å². The molecule has 0 bridgehead atoms. The maximum atomic E-state index is 9.60. The molecule has 2 heteroatoms. The fraction of sp³-hybridized carbons (Fsp3) is 0. The molecule has 1 heterocycles. The monoisotopic (exact) mass is 495 g/mol. The molecule has 0 spiro atoms. The topological polar surface area (TPSA) is 36.9 Å². The Morgan fingerprint density at radius 2 is 0.949 bits per heavy atom. The summed E-state index contributed by atoms with van der Waals surface area (Å²) in [6.07, 6.45) is 0. The summed E-state index contributed by atoms with van der Waals surface area (Å²) in [5.41, 5.74) is 6.44. The molecule has 0 aliphatic heterocycles. The third-order valence-electron chi connectivity index (χ3n) is 7.90. The number of hydrogen-bond donors (Lipinski definition) is 0. The summed E-state index contributed by atoms with van der Waals surface area (Å²) in [6.45, 7) is 0. The van der Waals surface area contributed by atoms with Gasteiger partial charge in [0.1, 0.15) is 11.7 Å². The second-order valence-electron chi connectivity index (χ2n) is 10.0. The minimum atomic E-state index is 0.555. The Kier molecular flexibility index (Phi) is 4.62. The quantitative estimate of drug-likeness (QED) is 0.224. The first-order chi connectivity index (χ1) is 19.3. The van der Waals surface area contributed by atoms with Gasteiger partial charge in [0, 0.05) is 16.3 Å². The van der Waals surface area contributed by atoms with Crippen LogP contribution in [0.25, 0.3) is 76.5 Å². The van der Waals surface area contributed by atoms with Gasteiger partial charge in [-0.2, -0.15) is 5.26 Å². The molecule has 0 aliphatic rings. The van der Waals surface area contributed by atoms with Crippen molar-refractivity contribution >= 4 is 54.3 Å². The van der Waals surface area contributed by atoms with Crippen LogP contribution in [0.5, 0.6) is 0 Å². The fourth-order valence-electron chi connectivity index (χ4n) is 6.09. The summed E-state index contributed by atoms with van der Waals surface area (Å²) < 4.78 is 6.33. The smallest absolute Gasteiger partial charge is 0.153 e. The van der Waals surface area contributed by atoms with E-state index in [-0.39, 0.29) is 0 Å². The van der Waals surface area contributed by atoms with Gasteiger partial charge in [-0.1, -0.05) is 109 Å². The van der Waals surface area contributed by atoms with Crippen molar-refractivity contribution in [3.8, 4) is 28.3 Å². The number of para-hydroxylation sites is 2. The minimum Gasteiger partial charge on any atom is -0.454 e. The molecule has 2 nitrogen and oxygen atoms in total. The molecule has 1 aromatic heterocycles. The minimum absolute atomic E-state index is 0.555. The summed E-state index contributed by atoms with van der Waals surface area (Å²) in [4.78, 5) is 0. The zero-order valence-electron chi connectivity index (χ0n) is 21.0. The zero-order valence-corrected chi connectivity index (χ0v) is 21.0. The number of hydrogen-bond acceptors (Lipinski definition) is 2. The Hall–Kier alpha value is -5.39. The van der Waals surface area contributed by atoms with Crippen LogP contribution in [0.2, 0.25) is 0 Å². The van der Waals surface area contributed by atoms with E-state index in [0.29, 0.717) is 11.1 Å². The standard InChI is InChI=1S/C37H21NO/c38-22-26-10-6-16-33-34-17-7-15-27(37(34)39-36(26)33)25-9-5-8-23(20-25)24-18-19-32-30-13-2-1-11-28(30)29-12-3-4-14-31(29)35(32)21-24/h1-21H. The van der Waals surface area contributed by atoms with Crippen molar-refractivity contribution in [3.63, 3.8) is 0 Å². The van der Waals surface area contributed by atoms with Crippen LogP contribution in [0, 0.1) is 11.3 Å². The SMILES string of the molecule is N#Cc1cccc2c1oc1c(-c3cccc(-c4ccc5c6ccccc6c6ccccc6c5c4)c3)cccc12. The van der Waals surface area contributed by atoms with E-state index in [2.05, 4.69) is 115 Å². The van der Waals surface area contributed by atoms with Crippen LogP contribution in [0.4, 0.5) is 0 Å². The molecule has 0 unspecified atom stereocenters. The van der Waals surface area contributed by atoms with E-state index < -0.39 is 0 Å². The first-order valence-corrected chi connectivity index (χ1v) is 13.1. The maximum absolute atomic E-state index is 9.60. The Balaban J connectivity index is 1.34. The highest BCUT2D eigenvalue weighted by molar-refractivity contribution is 6.25. The van der Waals surface area contributed by atoms with E-state index in [1.54, 1.807) is 6.07 Å². The third kappa shape index (κ3) is 3.21. The Labute approximate surface area is 225 Å². The highest BCUT2D eigenvalue weighted by atomic mass is 16.3. The molecule has 0 saturated carbocycles. The van der Waals surface area contributed by atoms with Crippen molar-refractivity contribution < 1.29 is 4.42 Å².